The van der Waals surface area contributed by atoms with Crippen LogP contribution in [0.5, 0.6) is 0 Å². The summed E-state index contributed by atoms with van der Waals surface area (Å²) in [5.41, 5.74) is 3.75. The maximum atomic E-state index is 13.0. The van der Waals surface area contributed by atoms with Crippen molar-refractivity contribution < 1.29 is 4.79 Å². The first-order valence-corrected chi connectivity index (χ1v) is 10.3. The zero-order chi connectivity index (χ0) is 20.9. The fraction of sp³-hybridized carbons (Fsp3) is 0.130. The number of nitrogens with zero attached hydrogens (tertiary/aromatic N) is 4. The molecule has 6 nitrogen and oxygen atoms in total. The van der Waals surface area contributed by atoms with Gasteiger partial charge in [0.2, 0.25) is 0 Å². The summed E-state index contributed by atoms with van der Waals surface area (Å²) in [7, 11) is 0. The number of anilines is 1. The van der Waals surface area contributed by atoms with Crippen LogP contribution in [0.4, 0.5) is 5.82 Å². The minimum absolute atomic E-state index is 0.224. The molecule has 3 aromatic heterocycles. The van der Waals surface area contributed by atoms with Crippen molar-refractivity contribution in [3.05, 3.63) is 95.6 Å². The minimum Gasteiger partial charge on any atom is -0.307 e. The number of carbonyl (C=O) groups is 1. The van der Waals surface area contributed by atoms with Gasteiger partial charge in [0.15, 0.2) is 0 Å². The molecule has 4 rings (SSSR count). The molecule has 0 bridgehead atoms. The molecule has 0 radical (unpaired) electrons. The van der Waals surface area contributed by atoms with Crippen LogP contribution in [0.3, 0.4) is 0 Å². The molecular weight excluding hydrogens is 394 g/mol. The first kappa shape index (κ1) is 19.8. The number of carbonyl (C=O) groups excluding carboxylic acids is 1. The highest BCUT2D eigenvalue weighted by Crippen LogP contribution is 2.31. The standard InChI is InChI=1S/C23H21N5OS/c1-16-8-9-20(17(2)14-16)30-23-19(7-5-12-25-23)22(29)27-21-10-13-26-28(21)15-18-6-3-4-11-24-18/h3-14H,15H2,1-2H3,(H,27,29). The van der Waals surface area contributed by atoms with Gasteiger partial charge in [-0.25, -0.2) is 9.67 Å². The molecule has 0 atom stereocenters. The van der Waals surface area contributed by atoms with Gasteiger partial charge in [0.1, 0.15) is 10.8 Å². The Morgan fingerprint density at radius 2 is 1.87 bits per heavy atom. The molecule has 1 aromatic carbocycles. The van der Waals surface area contributed by atoms with Crippen LogP contribution in [-0.2, 0) is 6.54 Å². The molecule has 4 aromatic rings. The zero-order valence-corrected chi connectivity index (χ0v) is 17.6. The smallest absolute Gasteiger partial charge is 0.259 e. The molecule has 150 valence electrons. The Morgan fingerprint density at radius 3 is 2.67 bits per heavy atom. The minimum atomic E-state index is -0.224. The zero-order valence-electron chi connectivity index (χ0n) is 16.7. The number of aromatic nitrogens is 4. The highest BCUT2D eigenvalue weighted by atomic mass is 32.2. The number of amides is 1. The maximum Gasteiger partial charge on any atom is 0.259 e. The van der Waals surface area contributed by atoms with Crippen molar-refractivity contribution in [3.63, 3.8) is 0 Å². The molecule has 0 saturated heterocycles. The first-order valence-electron chi connectivity index (χ1n) is 9.53. The Balaban J connectivity index is 1.55. The summed E-state index contributed by atoms with van der Waals surface area (Å²) in [5.74, 6) is 0.384. The Bertz CT molecular complexity index is 1170. The van der Waals surface area contributed by atoms with E-state index in [-0.39, 0.29) is 5.91 Å². The molecule has 1 N–H and O–H groups in total. The number of aryl methyl sites for hydroxylation is 2. The largest absolute Gasteiger partial charge is 0.307 e. The summed E-state index contributed by atoms with van der Waals surface area (Å²) < 4.78 is 1.72. The van der Waals surface area contributed by atoms with Gasteiger partial charge in [-0.2, -0.15) is 5.10 Å². The predicted octanol–water partition coefficient (Wildman–Crippen LogP) is 4.74. The second kappa shape index (κ2) is 8.92. The van der Waals surface area contributed by atoms with Crippen LogP contribution in [0.2, 0.25) is 0 Å². The van der Waals surface area contributed by atoms with Gasteiger partial charge in [0, 0.05) is 23.4 Å². The summed E-state index contributed by atoms with van der Waals surface area (Å²) in [5, 5.41) is 7.93. The van der Waals surface area contributed by atoms with Crippen molar-refractivity contribution >= 4 is 23.5 Å². The Morgan fingerprint density at radius 1 is 1.00 bits per heavy atom. The predicted molar refractivity (Wildman–Crippen MR) is 118 cm³/mol. The summed E-state index contributed by atoms with van der Waals surface area (Å²) >= 11 is 1.49. The van der Waals surface area contributed by atoms with E-state index >= 15 is 0 Å². The number of nitrogens with one attached hydrogen (secondary N) is 1. The van der Waals surface area contributed by atoms with E-state index in [2.05, 4.69) is 52.4 Å². The van der Waals surface area contributed by atoms with Gasteiger partial charge in [-0.15, -0.1) is 0 Å². The SMILES string of the molecule is Cc1ccc(Sc2ncccc2C(=O)Nc2ccnn2Cc2ccccn2)c(C)c1. The van der Waals surface area contributed by atoms with Gasteiger partial charge < -0.3 is 5.32 Å². The molecule has 0 saturated carbocycles. The molecule has 7 heteroatoms. The molecule has 0 unspecified atom stereocenters. The van der Waals surface area contributed by atoms with E-state index in [0.29, 0.717) is 23.0 Å². The summed E-state index contributed by atoms with van der Waals surface area (Å²) in [4.78, 5) is 22.9. The molecular formula is C23H21N5OS. The Hall–Kier alpha value is -3.45. The van der Waals surface area contributed by atoms with E-state index < -0.39 is 0 Å². The Kier molecular flexibility index (Phi) is 5.90. The quantitative estimate of drug-likeness (QED) is 0.492. The fourth-order valence-corrected chi connectivity index (χ4v) is 4.01. The fourth-order valence-electron chi connectivity index (χ4n) is 3.06. The van der Waals surface area contributed by atoms with Crippen molar-refractivity contribution in [2.45, 2.75) is 30.3 Å². The molecule has 1 amide bonds. The van der Waals surface area contributed by atoms with Gasteiger partial charge in [0.25, 0.3) is 5.91 Å². The molecule has 0 spiro atoms. The lowest BCUT2D eigenvalue weighted by atomic mass is 10.2. The van der Waals surface area contributed by atoms with E-state index in [0.717, 1.165) is 16.2 Å². The third-order valence-electron chi connectivity index (χ3n) is 4.55. The van der Waals surface area contributed by atoms with Crippen LogP contribution < -0.4 is 5.32 Å². The average molecular weight is 416 g/mol. The third-order valence-corrected chi connectivity index (χ3v) is 5.75. The summed E-state index contributed by atoms with van der Waals surface area (Å²) in [6, 6.07) is 17.3. The van der Waals surface area contributed by atoms with Gasteiger partial charge >= 0.3 is 0 Å². The summed E-state index contributed by atoms with van der Waals surface area (Å²) in [6.45, 7) is 4.60. The van der Waals surface area contributed by atoms with E-state index in [9.17, 15) is 4.79 Å². The van der Waals surface area contributed by atoms with Gasteiger partial charge in [-0.1, -0.05) is 35.5 Å². The Labute approximate surface area is 179 Å². The van der Waals surface area contributed by atoms with Crippen LogP contribution in [0.1, 0.15) is 27.2 Å². The monoisotopic (exact) mass is 415 g/mol. The molecule has 0 aliphatic carbocycles. The molecule has 0 aliphatic heterocycles. The van der Waals surface area contributed by atoms with Crippen molar-refractivity contribution in [2.24, 2.45) is 0 Å². The number of pyridine rings is 2. The lowest BCUT2D eigenvalue weighted by molar-refractivity contribution is 0.102. The van der Waals surface area contributed by atoms with Crippen LogP contribution in [0.15, 0.2) is 83.1 Å². The highest BCUT2D eigenvalue weighted by Gasteiger charge is 2.16. The van der Waals surface area contributed by atoms with Crippen molar-refractivity contribution in [1.82, 2.24) is 19.7 Å². The van der Waals surface area contributed by atoms with E-state index in [1.54, 1.807) is 41.5 Å². The second-order valence-electron chi connectivity index (χ2n) is 6.88. The number of hydrogen-bond donors (Lipinski definition) is 1. The van der Waals surface area contributed by atoms with E-state index in [4.69, 9.17) is 0 Å². The van der Waals surface area contributed by atoms with E-state index in [1.807, 2.05) is 18.2 Å². The van der Waals surface area contributed by atoms with Crippen LogP contribution in [0.25, 0.3) is 0 Å². The summed E-state index contributed by atoms with van der Waals surface area (Å²) in [6.07, 6.45) is 5.10. The topological polar surface area (TPSA) is 72.7 Å². The molecule has 0 aliphatic rings. The first-order chi connectivity index (χ1) is 14.6. The number of hydrogen-bond acceptors (Lipinski definition) is 5. The normalized spacial score (nSPS) is 10.7. The maximum absolute atomic E-state index is 13.0. The average Bonchev–Trinajstić information content (AvgIpc) is 3.17. The van der Waals surface area contributed by atoms with Crippen LogP contribution in [0, 0.1) is 13.8 Å². The number of rotatable bonds is 6. The van der Waals surface area contributed by atoms with Crippen molar-refractivity contribution in [1.29, 1.82) is 0 Å². The van der Waals surface area contributed by atoms with Gasteiger partial charge in [-0.05, 0) is 49.7 Å². The molecule has 3 heterocycles. The molecule has 0 fully saturated rings. The van der Waals surface area contributed by atoms with Gasteiger partial charge in [-0.3, -0.25) is 9.78 Å². The molecule has 30 heavy (non-hydrogen) atoms. The van der Waals surface area contributed by atoms with Gasteiger partial charge in [0.05, 0.1) is 24.0 Å². The van der Waals surface area contributed by atoms with E-state index in [1.165, 1.54) is 17.3 Å². The number of benzene rings is 1. The third kappa shape index (κ3) is 4.58. The lowest BCUT2D eigenvalue weighted by Gasteiger charge is -2.12. The lowest BCUT2D eigenvalue weighted by Crippen LogP contribution is -2.17. The van der Waals surface area contributed by atoms with Crippen LogP contribution in [-0.4, -0.2) is 25.7 Å². The van der Waals surface area contributed by atoms with Crippen molar-refractivity contribution in [2.75, 3.05) is 5.32 Å². The highest BCUT2D eigenvalue weighted by molar-refractivity contribution is 7.99. The van der Waals surface area contributed by atoms with Crippen molar-refractivity contribution in [3.8, 4) is 0 Å². The second-order valence-corrected chi connectivity index (χ2v) is 7.91. The van der Waals surface area contributed by atoms with Crippen LogP contribution >= 0.6 is 11.8 Å².